The molecule has 0 amide bonds. The fraction of sp³-hybridized carbons (Fsp3) is 0.400. The fourth-order valence-electron chi connectivity index (χ4n) is 0.953. The number of aryl methyl sites for hydroxylation is 1. The van der Waals surface area contributed by atoms with Crippen molar-refractivity contribution in [1.82, 2.24) is 0 Å². The molecule has 1 aromatic carbocycles. The van der Waals surface area contributed by atoms with Crippen molar-refractivity contribution in [3.63, 3.8) is 0 Å². The first-order chi connectivity index (χ1) is 4.93. The van der Waals surface area contributed by atoms with Crippen molar-refractivity contribution in [2.24, 2.45) is 0 Å². The molecule has 55 valence electrons. The molecule has 1 radical (unpaired) electrons. The van der Waals surface area contributed by atoms with Crippen molar-refractivity contribution < 1.29 is 0 Å². The molecule has 0 heterocycles. The van der Waals surface area contributed by atoms with Crippen molar-refractivity contribution in [2.75, 3.05) is 0 Å². The van der Waals surface area contributed by atoms with Crippen molar-refractivity contribution in [3.8, 4) is 0 Å². The van der Waals surface area contributed by atoms with E-state index in [2.05, 4.69) is 25.1 Å². The number of hydrogen-bond acceptors (Lipinski definition) is 0. The zero-order valence-corrected chi connectivity index (χ0v) is 6.43. The van der Waals surface area contributed by atoms with Gasteiger partial charge >= 0.3 is 29.6 Å². The molecule has 1 aromatic rings. The molecule has 0 aromatic heterocycles. The van der Waals surface area contributed by atoms with Gasteiger partial charge in [-0.15, -0.1) is 0 Å². The number of unbranched alkanes of at least 4 members (excludes halogenated alkanes) is 1. The third kappa shape index (κ3) is 4.62. The summed E-state index contributed by atoms with van der Waals surface area (Å²) in [4.78, 5) is 0. The van der Waals surface area contributed by atoms with E-state index in [-0.39, 0.29) is 29.6 Å². The van der Waals surface area contributed by atoms with Gasteiger partial charge in [0.05, 0.1) is 0 Å². The van der Waals surface area contributed by atoms with Gasteiger partial charge in [-0.1, -0.05) is 37.6 Å². The first kappa shape index (κ1) is 11.2. The summed E-state index contributed by atoms with van der Waals surface area (Å²) in [6.45, 7) is 2.21. The van der Waals surface area contributed by atoms with Crippen LogP contribution in [0.5, 0.6) is 0 Å². The number of hydrogen-bond donors (Lipinski definition) is 0. The Morgan fingerprint density at radius 3 is 2.73 bits per heavy atom. The Morgan fingerprint density at radius 2 is 2.18 bits per heavy atom. The Morgan fingerprint density at radius 1 is 1.36 bits per heavy atom. The van der Waals surface area contributed by atoms with Crippen LogP contribution in [0.1, 0.15) is 25.3 Å². The minimum atomic E-state index is 0. The van der Waals surface area contributed by atoms with Crippen LogP contribution in [0.2, 0.25) is 0 Å². The Bertz CT molecular complexity index is 169. The molecule has 1 heteroatoms. The van der Waals surface area contributed by atoms with E-state index in [1.807, 2.05) is 12.1 Å². The monoisotopic (exact) mass is 157 g/mol. The van der Waals surface area contributed by atoms with Crippen LogP contribution in [0.4, 0.5) is 0 Å². The molecular weight excluding hydrogens is 143 g/mol. The molecule has 0 spiro atoms. The molecule has 11 heavy (non-hydrogen) atoms. The molecule has 0 atom stereocenters. The van der Waals surface area contributed by atoms with E-state index in [4.69, 9.17) is 0 Å². The normalized spacial score (nSPS) is 8.82. The predicted octanol–water partition coefficient (Wildman–Crippen LogP) is 2.18. The molecule has 0 N–H and O–H groups in total. The zero-order chi connectivity index (χ0) is 7.23. The van der Waals surface area contributed by atoms with Crippen LogP contribution >= 0.6 is 0 Å². The number of rotatable bonds is 3. The van der Waals surface area contributed by atoms with Gasteiger partial charge in [0.2, 0.25) is 0 Å². The molecule has 0 bridgehead atoms. The fourth-order valence-corrected chi connectivity index (χ4v) is 0.953. The molecule has 0 saturated carbocycles. The van der Waals surface area contributed by atoms with E-state index in [1.54, 1.807) is 0 Å². The topological polar surface area (TPSA) is 0 Å². The van der Waals surface area contributed by atoms with Gasteiger partial charge in [-0.2, -0.15) is 0 Å². The first-order valence-electron chi connectivity index (χ1n) is 3.89. The Labute approximate surface area is 91.3 Å². The van der Waals surface area contributed by atoms with Gasteiger partial charge in [0.25, 0.3) is 0 Å². The van der Waals surface area contributed by atoms with Crippen LogP contribution in [0.3, 0.4) is 0 Å². The standard InChI is InChI=1S/C10H13.Na.H/c1-2-3-7-10-8-5-4-6-9-10;;/h4-6,8H,2-3,7H2,1H3;;. The van der Waals surface area contributed by atoms with Crippen LogP contribution in [-0.2, 0) is 6.42 Å². The summed E-state index contributed by atoms with van der Waals surface area (Å²) in [5, 5.41) is 0. The summed E-state index contributed by atoms with van der Waals surface area (Å²) in [6.07, 6.45) is 3.72. The molecule has 0 unspecified atom stereocenters. The average Bonchev–Trinajstić information content (AvgIpc) is 2.03. The van der Waals surface area contributed by atoms with Crippen LogP contribution in [-0.4, -0.2) is 29.6 Å². The van der Waals surface area contributed by atoms with Gasteiger partial charge in [-0.3, -0.25) is 0 Å². The Hall–Kier alpha value is 0.220. The minimum absolute atomic E-state index is 0. The molecule has 0 fully saturated rings. The second-order valence-corrected chi connectivity index (χ2v) is 2.49. The van der Waals surface area contributed by atoms with Gasteiger partial charge in [-0.05, 0) is 24.5 Å². The van der Waals surface area contributed by atoms with E-state index >= 15 is 0 Å². The summed E-state index contributed by atoms with van der Waals surface area (Å²) in [6, 6.07) is 11.4. The molecule has 0 aliphatic heterocycles. The summed E-state index contributed by atoms with van der Waals surface area (Å²) in [5.41, 5.74) is 1.34. The maximum atomic E-state index is 3.20. The molecule has 0 aliphatic carbocycles. The molecular formula is C10H14Na. The molecule has 0 aliphatic rings. The molecule has 0 saturated heterocycles. The summed E-state index contributed by atoms with van der Waals surface area (Å²) in [7, 11) is 0. The summed E-state index contributed by atoms with van der Waals surface area (Å²) in [5.74, 6) is 0. The second-order valence-electron chi connectivity index (χ2n) is 2.49. The van der Waals surface area contributed by atoms with Gasteiger partial charge in [0.15, 0.2) is 0 Å². The zero-order valence-electron chi connectivity index (χ0n) is 6.43. The van der Waals surface area contributed by atoms with Gasteiger partial charge in [0, 0.05) is 0 Å². The SMILES string of the molecule is CCCCc1[c]cccc1.[NaH]. The Kier molecular flexibility index (Phi) is 7.04. The van der Waals surface area contributed by atoms with E-state index in [0.29, 0.717) is 0 Å². The maximum absolute atomic E-state index is 3.20. The first-order valence-corrected chi connectivity index (χ1v) is 3.89. The van der Waals surface area contributed by atoms with Crippen molar-refractivity contribution >= 4 is 29.6 Å². The Balaban J connectivity index is 0.000001000. The van der Waals surface area contributed by atoms with Gasteiger partial charge in [-0.25, -0.2) is 0 Å². The predicted molar refractivity (Wildman–Crippen MR) is 51.0 cm³/mol. The third-order valence-electron chi connectivity index (χ3n) is 1.57. The van der Waals surface area contributed by atoms with Crippen LogP contribution in [0, 0.1) is 6.07 Å². The molecule has 0 nitrogen and oxygen atoms in total. The number of benzene rings is 1. The third-order valence-corrected chi connectivity index (χ3v) is 1.57. The summed E-state index contributed by atoms with van der Waals surface area (Å²) >= 11 is 0. The van der Waals surface area contributed by atoms with E-state index < -0.39 is 0 Å². The van der Waals surface area contributed by atoms with Crippen LogP contribution < -0.4 is 0 Å². The molecule has 1 rings (SSSR count). The van der Waals surface area contributed by atoms with Gasteiger partial charge < -0.3 is 0 Å². The van der Waals surface area contributed by atoms with Crippen molar-refractivity contribution in [3.05, 3.63) is 35.9 Å². The van der Waals surface area contributed by atoms with Crippen LogP contribution in [0.15, 0.2) is 24.3 Å². The van der Waals surface area contributed by atoms with E-state index in [0.717, 1.165) is 0 Å². The quantitative estimate of drug-likeness (QED) is 0.590. The van der Waals surface area contributed by atoms with E-state index in [9.17, 15) is 0 Å². The van der Waals surface area contributed by atoms with Crippen molar-refractivity contribution in [1.29, 1.82) is 0 Å². The van der Waals surface area contributed by atoms with Gasteiger partial charge in [0.1, 0.15) is 0 Å². The van der Waals surface area contributed by atoms with Crippen LogP contribution in [0.25, 0.3) is 0 Å². The summed E-state index contributed by atoms with van der Waals surface area (Å²) < 4.78 is 0. The average molecular weight is 157 g/mol. The second kappa shape index (κ2) is 6.90. The van der Waals surface area contributed by atoms with Crippen molar-refractivity contribution in [2.45, 2.75) is 26.2 Å². The van der Waals surface area contributed by atoms with E-state index in [1.165, 1.54) is 24.8 Å².